The second-order valence-electron chi connectivity index (χ2n) is 5.29. The number of carbonyl (C=O) groups is 1. The molecule has 2 heterocycles. The van der Waals surface area contributed by atoms with Crippen molar-refractivity contribution in [3.05, 3.63) is 58.8 Å². The zero-order chi connectivity index (χ0) is 15.7. The van der Waals surface area contributed by atoms with Crippen LogP contribution in [0.4, 0.5) is 19.4 Å². The molecule has 0 saturated carbocycles. The van der Waals surface area contributed by atoms with Gasteiger partial charge in [-0.25, -0.2) is 18.6 Å². The summed E-state index contributed by atoms with van der Waals surface area (Å²) in [6.07, 6.45) is 0.371. The number of aryl methyl sites for hydroxylation is 1. The van der Waals surface area contributed by atoms with Crippen molar-refractivity contribution in [3.63, 3.8) is 0 Å². The molecule has 0 atom stereocenters. The van der Waals surface area contributed by atoms with Crippen LogP contribution in [-0.4, -0.2) is 22.5 Å². The van der Waals surface area contributed by atoms with Gasteiger partial charge in [-0.15, -0.1) is 0 Å². The Morgan fingerprint density at radius 1 is 1.32 bits per heavy atom. The molecule has 0 spiro atoms. The number of amides is 2. The van der Waals surface area contributed by atoms with Crippen LogP contribution < -0.4 is 5.32 Å². The van der Waals surface area contributed by atoms with Crippen molar-refractivity contribution in [2.24, 2.45) is 0 Å². The number of carbonyl (C=O) groups excluding carboxylic acids is 1. The smallest absolute Gasteiger partial charge is 0.320 e. The number of benzene rings is 1. The molecule has 0 aliphatic carbocycles. The molecule has 0 fully saturated rings. The number of halogens is 2. The molecule has 3 rings (SSSR count). The summed E-state index contributed by atoms with van der Waals surface area (Å²) in [6, 6.07) is 7.16. The van der Waals surface area contributed by atoms with Crippen LogP contribution in [0, 0.1) is 18.6 Å². The van der Waals surface area contributed by atoms with Crippen LogP contribution in [0.2, 0.25) is 0 Å². The number of nitrogens with one attached hydrogen (secondary N) is 1. The van der Waals surface area contributed by atoms with Gasteiger partial charge in [0.05, 0.1) is 0 Å². The van der Waals surface area contributed by atoms with Gasteiger partial charge in [-0.05, 0) is 42.7 Å². The van der Waals surface area contributed by atoms with E-state index in [1.54, 1.807) is 12.1 Å². The van der Waals surface area contributed by atoms with Crippen LogP contribution in [0.25, 0.3) is 0 Å². The van der Waals surface area contributed by atoms with Gasteiger partial charge < -0.3 is 4.90 Å². The van der Waals surface area contributed by atoms with E-state index in [1.165, 1.54) is 11.0 Å². The van der Waals surface area contributed by atoms with Crippen LogP contribution in [-0.2, 0) is 13.0 Å². The maximum absolute atomic E-state index is 13.7. The first-order valence-electron chi connectivity index (χ1n) is 6.99. The van der Waals surface area contributed by atoms with E-state index in [0.717, 1.165) is 11.8 Å². The SMILES string of the molecule is Cc1cccc(NC(=O)N2CCc3c(F)cc(F)cc3C2)n1. The number of hydrogen-bond acceptors (Lipinski definition) is 2. The van der Waals surface area contributed by atoms with Crippen LogP contribution >= 0.6 is 0 Å². The Labute approximate surface area is 126 Å². The monoisotopic (exact) mass is 303 g/mol. The molecule has 1 aliphatic heterocycles. The Bertz CT molecular complexity index is 733. The molecule has 0 radical (unpaired) electrons. The van der Waals surface area contributed by atoms with Gasteiger partial charge in [-0.1, -0.05) is 6.07 Å². The van der Waals surface area contributed by atoms with E-state index in [2.05, 4.69) is 10.3 Å². The summed E-state index contributed by atoms with van der Waals surface area (Å²) in [5, 5.41) is 2.70. The predicted octanol–water partition coefficient (Wildman–Crippen LogP) is 3.26. The molecule has 114 valence electrons. The second kappa shape index (κ2) is 5.71. The first kappa shape index (κ1) is 14.4. The molecular weight excluding hydrogens is 288 g/mol. The van der Waals surface area contributed by atoms with E-state index in [9.17, 15) is 13.6 Å². The van der Waals surface area contributed by atoms with Crippen molar-refractivity contribution < 1.29 is 13.6 Å². The number of pyridine rings is 1. The van der Waals surface area contributed by atoms with E-state index in [0.29, 0.717) is 29.9 Å². The van der Waals surface area contributed by atoms with Gasteiger partial charge >= 0.3 is 6.03 Å². The van der Waals surface area contributed by atoms with Crippen molar-refractivity contribution >= 4 is 11.8 Å². The third kappa shape index (κ3) is 2.90. The Kier molecular flexibility index (Phi) is 3.75. The van der Waals surface area contributed by atoms with Gasteiger partial charge in [-0.3, -0.25) is 5.32 Å². The minimum absolute atomic E-state index is 0.182. The Morgan fingerprint density at radius 3 is 2.91 bits per heavy atom. The fraction of sp³-hybridized carbons (Fsp3) is 0.250. The first-order chi connectivity index (χ1) is 10.5. The largest absolute Gasteiger partial charge is 0.323 e. The van der Waals surface area contributed by atoms with E-state index in [-0.39, 0.29) is 12.6 Å². The quantitative estimate of drug-likeness (QED) is 0.879. The number of anilines is 1. The maximum atomic E-state index is 13.7. The molecule has 6 heteroatoms. The number of aromatic nitrogens is 1. The molecule has 22 heavy (non-hydrogen) atoms. The molecule has 1 aromatic carbocycles. The van der Waals surface area contributed by atoms with Gasteiger partial charge in [-0.2, -0.15) is 0 Å². The molecule has 1 aromatic heterocycles. The highest BCUT2D eigenvalue weighted by Crippen LogP contribution is 2.23. The first-order valence-corrected chi connectivity index (χ1v) is 6.99. The Hall–Kier alpha value is -2.50. The zero-order valence-electron chi connectivity index (χ0n) is 12.1. The number of nitrogens with zero attached hydrogens (tertiary/aromatic N) is 2. The molecule has 0 saturated heterocycles. The standard InChI is InChI=1S/C16H15F2N3O/c1-10-3-2-4-15(19-10)20-16(22)21-6-5-13-11(9-21)7-12(17)8-14(13)18/h2-4,7-8H,5-6,9H2,1H3,(H,19,20,22). The van der Waals surface area contributed by atoms with Gasteiger partial charge in [0.25, 0.3) is 0 Å². The number of fused-ring (bicyclic) bond motifs is 1. The highest BCUT2D eigenvalue weighted by Gasteiger charge is 2.23. The third-order valence-corrected chi connectivity index (χ3v) is 3.66. The Morgan fingerprint density at radius 2 is 2.14 bits per heavy atom. The van der Waals surface area contributed by atoms with Crippen LogP contribution in [0.3, 0.4) is 0 Å². The van der Waals surface area contributed by atoms with Crippen molar-refractivity contribution in [3.8, 4) is 0 Å². The van der Waals surface area contributed by atoms with Crippen LogP contribution in [0.5, 0.6) is 0 Å². The summed E-state index contributed by atoms with van der Waals surface area (Å²) in [7, 11) is 0. The summed E-state index contributed by atoms with van der Waals surface area (Å²) >= 11 is 0. The van der Waals surface area contributed by atoms with Gasteiger partial charge in [0.2, 0.25) is 0 Å². The van der Waals surface area contributed by atoms with E-state index in [1.807, 2.05) is 13.0 Å². The van der Waals surface area contributed by atoms with Crippen molar-refractivity contribution in [1.29, 1.82) is 0 Å². The Balaban J connectivity index is 1.75. The summed E-state index contributed by atoms with van der Waals surface area (Å²) in [5.74, 6) is -0.713. The molecule has 1 N–H and O–H groups in total. The van der Waals surface area contributed by atoms with E-state index in [4.69, 9.17) is 0 Å². The fourth-order valence-electron chi connectivity index (χ4n) is 2.58. The average molecular weight is 303 g/mol. The summed E-state index contributed by atoms with van der Waals surface area (Å²) < 4.78 is 27.0. The minimum Gasteiger partial charge on any atom is -0.320 e. The average Bonchev–Trinajstić information content (AvgIpc) is 2.46. The molecule has 2 amide bonds. The predicted molar refractivity (Wildman–Crippen MR) is 78.5 cm³/mol. The number of rotatable bonds is 1. The highest BCUT2D eigenvalue weighted by molar-refractivity contribution is 5.88. The van der Waals surface area contributed by atoms with E-state index < -0.39 is 11.6 Å². The summed E-state index contributed by atoms with van der Waals surface area (Å²) in [4.78, 5) is 18.0. The van der Waals surface area contributed by atoms with Crippen molar-refractivity contribution in [2.45, 2.75) is 19.9 Å². The van der Waals surface area contributed by atoms with Gasteiger partial charge in [0.1, 0.15) is 17.5 Å². The summed E-state index contributed by atoms with van der Waals surface area (Å²) in [6.45, 7) is 2.40. The molecular formula is C16H15F2N3O. The van der Waals surface area contributed by atoms with Gasteiger partial charge in [0, 0.05) is 24.8 Å². The van der Waals surface area contributed by atoms with Crippen LogP contribution in [0.1, 0.15) is 16.8 Å². The fourth-order valence-corrected chi connectivity index (χ4v) is 2.58. The lowest BCUT2D eigenvalue weighted by molar-refractivity contribution is 0.205. The second-order valence-corrected chi connectivity index (χ2v) is 5.29. The third-order valence-electron chi connectivity index (χ3n) is 3.66. The normalized spacial score (nSPS) is 13.7. The van der Waals surface area contributed by atoms with E-state index >= 15 is 0 Å². The zero-order valence-corrected chi connectivity index (χ0v) is 12.1. The number of urea groups is 1. The van der Waals surface area contributed by atoms with Crippen molar-refractivity contribution in [2.75, 3.05) is 11.9 Å². The highest BCUT2D eigenvalue weighted by atomic mass is 19.1. The van der Waals surface area contributed by atoms with Gasteiger partial charge in [0.15, 0.2) is 0 Å². The molecule has 4 nitrogen and oxygen atoms in total. The topological polar surface area (TPSA) is 45.2 Å². The minimum atomic E-state index is -0.626. The molecule has 2 aromatic rings. The molecule has 1 aliphatic rings. The summed E-state index contributed by atoms with van der Waals surface area (Å²) in [5.41, 5.74) is 1.79. The lowest BCUT2D eigenvalue weighted by Crippen LogP contribution is -2.39. The number of hydrogen-bond donors (Lipinski definition) is 1. The lowest BCUT2D eigenvalue weighted by Gasteiger charge is -2.29. The maximum Gasteiger partial charge on any atom is 0.323 e. The molecule has 0 bridgehead atoms. The molecule has 0 unspecified atom stereocenters. The lowest BCUT2D eigenvalue weighted by atomic mass is 9.99. The van der Waals surface area contributed by atoms with Crippen LogP contribution in [0.15, 0.2) is 30.3 Å². The van der Waals surface area contributed by atoms with Crippen molar-refractivity contribution in [1.82, 2.24) is 9.88 Å².